The third-order valence-corrected chi connectivity index (χ3v) is 1.49. The SMILES string of the molecule is CN(C)CCOc1cc[c]cc1. The first kappa shape index (κ1) is 9.07. The van der Waals surface area contributed by atoms with Gasteiger partial charge in [0.1, 0.15) is 12.4 Å². The van der Waals surface area contributed by atoms with Gasteiger partial charge in [-0.05, 0) is 32.3 Å². The number of rotatable bonds is 4. The van der Waals surface area contributed by atoms with Crippen LogP contribution < -0.4 is 4.74 Å². The molecule has 0 saturated heterocycles. The van der Waals surface area contributed by atoms with Gasteiger partial charge in [-0.25, -0.2) is 0 Å². The molecule has 0 unspecified atom stereocenters. The lowest BCUT2D eigenvalue weighted by Crippen LogP contribution is -2.19. The van der Waals surface area contributed by atoms with Gasteiger partial charge in [-0.2, -0.15) is 0 Å². The van der Waals surface area contributed by atoms with Gasteiger partial charge in [-0.15, -0.1) is 0 Å². The zero-order valence-corrected chi connectivity index (χ0v) is 7.58. The van der Waals surface area contributed by atoms with E-state index >= 15 is 0 Å². The van der Waals surface area contributed by atoms with Gasteiger partial charge in [0, 0.05) is 6.54 Å². The summed E-state index contributed by atoms with van der Waals surface area (Å²) < 4.78 is 5.46. The van der Waals surface area contributed by atoms with Crippen LogP contribution in [0.2, 0.25) is 0 Å². The van der Waals surface area contributed by atoms with Crippen molar-refractivity contribution < 1.29 is 4.74 Å². The standard InChI is InChI=1S/C10H14NO/c1-11(2)8-9-12-10-6-4-3-5-7-10/h4-7H,8-9H2,1-2H3. The Hall–Kier alpha value is -1.02. The third-order valence-electron chi connectivity index (χ3n) is 1.49. The lowest BCUT2D eigenvalue weighted by molar-refractivity contribution is 0.261. The van der Waals surface area contributed by atoms with E-state index in [0.717, 1.165) is 18.9 Å². The second-order valence-electron chi connectivity index (χ2n) is 2.89. The fourth-order valence-corrected chi connectivity index (χ4v) is 0.814. The van der Waals surface area contributed by atoms with Gasteiger partial charge in [0.2, 0.25) is 0 Å². The maximum atomic E-state index is 5.46. The number of hydrogen-bond acceptors (Lipinski definition) is 2. The number of hydrogen-bond donors (Lipinski definition) is 0. The van der Waals surface area contributed by atoms with Crippen LogP contribution in [0, 0.1) is 6.07 Å². The van der Waals surface area contributed by atoms with Crippen molar-refractivity contribution in [1.82, 2.24) is 4.90 Å². The van der Waals surface area contributed by atoms with E-state index in [1.807, 2.05) is 38.4 Å². The van der Waals surface area contributed by atoms with E-state index in [2.05, 4.69) is 11.0 Å². The zero-order valence-electron chi connectivity index (χ0n) is 7.58. The largest absolute Gasteiger partial charge is 0.492 e. The van der Waals surface area contributed by atoms with E-state index < -0.39 is 0 Å². The summed E-state index contributed by atoms with van der Waals surface area (Å²) in [5.41, 5.74) is 0. The fraction of sp³-hybridized carbons (Fsp3) is 0.400. The van der Waals surface area contributed by atoms with Crippen LogP contribution in [0.1, 0.15) is 0 Å². The summed E-state index contributed by atoms with van der Waals surface area (Å²) in [6.45, 7) is 1.68. The molecular weight excluding hydrogens is 150 g/mol. The molecule has 0 aliphatic heterocycles. The normalized spacial score (nSPS) is 10.2. The van der Waals surface area contributed by atoms with Crippen molar-refractivity contribution in [2.24, 2.45) is 0 Å². The van der Waals surface area contributed by atoms with E-state index in [1.165, 1.54) is 0 Å². The first-order chi connectivity index (χ1) is 5.79. The molecule has 0 saturated carbocycles. The molecule has 0 atom stereocenters. The maximum Gasteiger partial charge on any atom is 0.119 e. The molecule has 2 heteroatoms. The van der Waals surface area contributed by atoms with Gasteiger partial charge in [-0.1, -0.05) is 12.1 Å². The molecule has 1 aromatic carbocycles. The molecule has 0 aliphatic carbocycles. The van der Waals surface area contributed by atoms with E-state index in [1.54, 1.807) is 0 Å². The second-order valence-corrected chi connectivity index (χ2v) is 2.89. The van der Waals surface area contributed by atoms with E-state index in [9.17, 15) is 0 Å². The predicted molar refractivity (Wildman–Crippen MR) is 49.3 cm³/mol. The molecule has 1 rings (SSSR count). The van der Waals surface area contributed by atoms with Crippen LogP contribution in [0.15, 0.2) is 24.3 Å². The molecule has 0 spiro atoms. The van der Waals surface area contributed by atoms with Crippen molar-refractivity contribution >= 4 is 0 Å². The number of nitrogens with zero attached hydrogens (tertiary/aromatic N) is 1. The van der Waals surface area contributed by atoms with Crippen molar-refractivity contribution in [3.05, 3.63) is 30.3 Å². The lowest BCUT2D eigenvalue weighted by Gasteiger charge is -2.10. The molecule has 0 bridgehead atoms. The minimum absolute atomic E-state index is 0.733. The topological polar surface area (TPSA) is 12.5 Å². The Bertz CT molecular complexity index is 208. The van der Waals surface area contributed by atoms with Gasteiger partial charge in [0.25, 0.3) is 0 Å². The summed E-state index contributed by atoms with van der Waals surface area (Å²) in [6.07, 6.45) is 0. The molecule has 65 valence electrons. The Labute approximate surface area is 73.8 Å². The van der Waals surface area contributed by atoms with Crippen LogP contribution in [-0.2, 0) is 0 Å². The molecule has 0 heterocycles. The van der Waals surface area contributed by atoms with Crippen molar-refractivity contribution in [2.45, 2.75) is 0 Å². The highest BCUT2D eigenvalue weighted by atomic mass is 16.5. The van der Waals surface area contributed by atoms with Crippen LogP contribution in [0.3, 0.4) is 0 Å². The zero-order chi connectivity index (χ0) is 8.81. The van der Waals surface area contributed by atoms with Gasteiger partial charge < -0.3 is 9.64 Å². The van der Waals surface area contributed by atoms with Crippen LogP contribution in [-0.4, -0.2) is 32.1 Å². The number of ether oxygens (including phenoxy) is 1. The number of likely N-dealkylation sites (N-methyl/N-ethyl adjacent to an activating group) is 1. The summed E-state index contributed by atoms with van der Waals surface area (Å²) >= 11 is 0. The first-order valence-corrected chi connectivity index (χ1v) is 4.02. The van der Waals surface area contributed by atoms with Gasteiger partial charge in [-0.3, -0.25) is 0 Å². The Kier molecular flexibility index (Phi) is 3.61. The minimum Gasteiger partial charge on any atom is -0.492 e. The van der Waals surface area contributed by atoms with Crippen LogP contribution in [0.5, 0.6) is 5.75 Å². The Morgan fingerprint density at radius 2 is 2.00 bits per heavy atom. The molecule has 0 aliphatic rings. The third kappa shape index (κ3) is 3.39. The molecule has 0 aromatic heterocycles. The Morgan fingerprint density at radius 1 is 1.33 bits per heavy atom. The monoisotopic (exact) mass is 164 g/mol. The average Bonchev–Trinajstić information content (AvgIpc) is 2.05. The average molecular weight is 164 g/mol. The predicted octanol–water partition coefficient (Wildman–Crippen LogP) is 1.43. The van der Waals surface area contributed by atoms with E-state index in [0.29, 0.717) is 0 Å². The summed E-state index contributed by atoms with van der Waals surface area (Å²) in [6, 6.07) is 10.5. The molecule has 0 amide bonds. The second kappa shape index (κ2) is 4.78. The Balaban J connectivity index is 2.25. The van der Waals surface area contributed by atoms with Crippen LogP contribution >= 0.6 is 0 Å². The molecule has 1 aromatic rings. The van der Waals surface area contributed by atoms with E-state index in [4.69, 9.17) is 4.74 Å². The van der Waals surface area contributed by atoms with Crippen LogP contribution in [0.4, 0.5) is 0 Å². The summed E-state index contributed by atoms with van der Waals surface area (Å²) in [5.74, 6) is 0.913. The quantitative estimate of drug-likeness (QED) is 0.667. The highest BCUT2D eigenvalue weighted by Gasteiger charge is 1.92. The summed E-state index contributed by atoms with van der Waals surface area (Å²) in [7, 11) is 4.06. The smallest absolute Gasteiger partial charge is 0.119 e. The molecule has 12 heavy (non-hydrogen) atoms. The first-order valence-electron chi connectivity index (χ1n) is 4.02. The van der Waals surface area contributed by atoms with Gasteiger partial charge in [0.15, 0.2) is 0 Å². The molecule has 2 nitrogen and oxygen atoms in total. The van der Waals surface area contributed by atoms with Crippen molar-refractivity contribution in [3.63, 3.8) is 0 Å². The number of benzene rings is 1. The molecule has 1 radical (unpaired) electrons. The highest BCUT2D eigenvalue weighted by Crippen LogP contribution is 2.07. The van der Waals surface area contributed by atoms with Crippen LogP contribution in [0.25, 0.3) is 0 Å². The highest BCUT2D eigenvalue weighted by molar-refractivity contribution is 5.20. The lowest BCUT2D eigenvalue weighted by atomic mass is 10.3. The minimum atomic E-state index is 0.733. The van der Waals surface area contributed by atoms with Gasteiger partial charge >= 0.3 is 0 Å². The van der Waals surface area contributed by atoms with Gasteiger partial charge in [0.05, 0.1) is 0 Å². The van der Waals surface area contributed by atoms with Crippen molar-refractivity contribution in [3.8, 4) is 5.75 Å². The summed E-state index contributed by atoms with van der Waals surface area (Å²) in [5, 5.41) is 0. The fourth-order valence-electron chi connectivity index (χ4n) is 0.814. The van der Waals surface area contributed by atoms with E-state index in [-0.39, 0.29) is 0 Å². The maximum absolute atomic E-state index is 5.46. The van der Waals surface area contributed by atoms with Crippen molar-refractivity contribution in [2.75, 3.05) is 27.2 Å². The Morgan fingerprint density at radius 3 is 2.58 bits per heavy atom. The van der Waals surface area contributed by atoms with Crippen molar-refractivity contribution in [1.29, 1.82) is 0 Å². The molecular formula is C10H14NO. The summed E-state index contributed by atoms with van der Waals surface area (Å²) in [4.78, 5) is 2.09. The molecule has 0 N–H and O–H groups in total. The molecule has 0 fully saturated rings.